The average Bonchev–Trinajstić information content (AvgIpc) is 3.36. The number of aromatic nitrogens is 2. The molecule has 0 spiro atoms. The second-order valence-electron chi connectivity index (χ2n) is 10.3. The topological polar surface area (TPSA) is 98.5 Å². The van der Waals surface area contributed by atoms with Gasteiger partial charge in [0.25, 0.3) is 0 Å². The van der Waals surface area contributed by atoms with E-state index in [1.807, 2.05) is 29.3 Å². The fourth-order valence-electron chi connectivity index (χ4n) is 4.98. The summed E-state index contributed by atoms with van der Waals surface area (Å²) >= 11 is 0. The molecule has 1 saturated heterocycles. The van der Waals surface area contributed by atoms with Crippen LogP contribution in [0, 0.1) is 11.6 Å². The van der Waals surface area contributed by atoms with Crippen molar-refractivity contribution < 1.29 is 37.6 Å². The van der Waals surface area contributed by atoms with E-state index in [0.717, 1.165) is 29.9 Å². The van der Waals surface area contributed by atoms with E-state index in [1.165, 1.54) is 18.1 Å². The van der Waals surface area contributed by atoms with Crippen molar-refractivity contribution in [3.63, 3.8) is 0 Å². The molecule has 0 aliphatic carbocycles. The van der Waals surface area contributed by atoms with Crippen molar-refractivity contribution in [2.75, 3.05) is 60.2 Å². The van der Waals surface area contributed by atoms with E-state index in [2.05, 4.69) is 16.5 Å². The van der Waals surface area contributed by atoms with Gasteiger partial charge >= 0.3 is 0 Å². The van der Waals surface area contributed by atoms with E-state index < -0.39 is 17.2 Å². The third-order valence-corrected chi connectivity index (χ3v) is 7.05. The van der Waals surface area contributed by atoms with Gasteiger partial charge in [-0.3, -0.25) is 9.69 Å². The molecule has 1 aliphatic rings. The Labute approximate surface area is 244 Å². The molecule has 1 fully saturated rings. The van der Waals surface area contributed by atoms with Crippen LogP contribution in [0.2, 0.25) is 0 Å². The SMILES string of the molecule is CCc1nccn1CCOc1ccc(CN2CCN(C(=O)COC)C[C@](O)(COc3ccc(F)c(F)c3)C2)cc1OC. The summed E-state index contributed by atoms with van der Waals surface area (Å²) in [7, 11) is 3.01. The first kappa shape index (κ1) is 31.2. The lowest BCUT2D eigenvalue weighted by molar-refractivity contribution is -0.138. The number of halogens is 2. The normalized spacial score (nSPS) is 17.6. The van der Waals surface area contributed by atoms with E-state index in [1.54, 1.807) is 13.3 Å². The highest BCUT2D eigenvalue weighted by atomic mass is 19.2. The third kappa shape index (κ3) is 8.17. The number of rotatable bonds is 13. The van der Waals surface area contributed by atoms with Crippen LogP contribution in [0.25, 0.3) is 0 Å². The number of β-amino-alcohol motifs (C(OH)–C–C–N with tert-alkyl or cyclic N) is 1. The van der Waals surface area contributed by atoms with E-state index >= 15 is 0 Å². The maximum atomic E-state index is 13.7. The number of hydrogen-bond donors (Lipinski definition) is 1. The Bertz CT molecular complexity index is 1340. The smallest absolute Gasteiger partial charge is 0.248 e. The van der Waals surface area contributed by atoms with Crippen LogP contribution in [0.3, 0.4) is 0 Å². The first-order chi connectivity index (χ1) is 20.2. The number of imidazole rings is 1. The summed E-state index contributed by atoms with van der Waals surface area (Å²) in [6, 6.07) is 8.85. The second kappa shape index (κ2) is 14.4. The number of nitrogens with zero attached hydrogens (tertiary/aromatic N) is 4. The Morgan fingerprint density at radius 1 is 1.05 bits per heavy atom. The highest BCUT2D eigenvalue weighted by Crippen LogP contribution is 2.29. The number of hydrogen-bond acceptors (Lipinski definition) is 8. The predicted octanol–water partition coefficient (Wildman–Crippen LogP) is 2.91. The molecule has 1 aromatic heterocycles. The minimum atomic E-state index is -1.50. The number of aryl methyl sites for hydroxylation is 1. The van der Waals surface area contributed by atoms with Gasteiger partial charge in [-0.15, -0.1) is 0 Å². The van der Waals surface area contributed by atoms with E-state index in [4.69, 9.17) is 18.9 Å². The predicted molar refractivity (Wildman–Crippen MR) is 151 cm³/mol. The highest BCUT2D eigenvalue weighted by molar-refractivity contribution is 5.77. The van der Waals surface area contributed by atoms with Crippen molar-refractivity contribution in [1.29, 1.82) is 0 Å². The number of ether oxygens (including phenoxy) is 4. The summed E-state index contributed by atoms with van der Waals surface area (Å²) in [5.41, 5.74) is -0.578. The molecule has 1 aliphatic heterocycles. The van der Waals surface area contributed by atoms with Crippen LogP contribution < -0.4 is 14.2 Å². The molecule has 0 unspecified atom stereocenters. The molecule has 12 heteroatoms. The molecule has 0 radical (unpaired) electrons. The first-order valence-electron chi connectivity index (χ1n) is 13.8. The molecule has 1 amide bonds. The van der Waals surface area contributed by atoms with Gasteiger partial charge in [0.15, 0.2) is 23.1 Å². The van der Waals surface area contributed by atoms with Crippen molar-refractivity contribution >= 4 is 5.91 Å². The molecule has 1 N–H and O–H groups in total. The van der Waals surface area contributed by atoms with Crippen LogP contribution in [0.1, 0.15) is 18.3 Å². The molecular formula is C30H38F2N4O6. The summed E-state index contributed by atoms with van der Waals surface area (Å²) < 4.78 is 51.4. The van der Waals surface area contributed by atoms with Crippen molar-refractivity contribution in [3.8, 4) is 17.2 Å². The maximum Gasteiger partial charge on any atom is 0.248 e. The van der Waals surface area contributed by atoms with Crippen LogP contribution in [0.4, 0.5) is 8.78 Å². The lowest BCUT2D eigenvalue weighted by Gasteiger charge is -2.33. The molecule has 228 valence electrons. The lowest BCUT2D eigenvalue weighted by atomic mass is 10.0. The minimum absolute atomic E-state index is 0.0118. The largest absolute Gasteiger partial charge is 0.493 e. The molecule has 4 rings (SSSR count). The van der Waals surface area contributed by atoms with Crippen molar-refractivity contribution in [3.05, 3.63) is 71.8 Å². The standard InChI is InChI=1S/C30H38F2N4O6/c1-4-28-33-9-10-35(28)13-14-41-26-8-5-22(15-27(26)40-3)17-34-11-12-36(29(37)18-39-2)20-30(38,19-34)21-42-23-6-7-24(31)25(32)16-23/h5-10,15-16,38H,4,11-14,17-21H2,1-3H3/t30-/m0/s1. The van der Waals surface area contributed by atoms with Gasteiger partial charge in [0.1, 0.15) is 37.0 Å². The molecular weight excluding hydrogens is 550 g/mol. The Hall–Kier alpha value is -3.74. The minimum Gasteiger partial charge on any atom is -0.493 e. The zero-order valence-corrected chi connectivity index (χ0v) is 24.2. The highest BCUT2D eigenvalue weighted by Gasteiger charge is 2.37. The number of carbonyl (C=O) groups excluding carboxylic acids is 1. The van der Waals surface area contributed by atoms with Gasteiger partial charge < -0.3 is 33.5 Å². The molecule has 10 nitrogen and oxygen atoms in total. The van der Waals surface area contributed by atoms with Gasteiger partial charge in [0.05, 0.1) is 20.2 Å². The quantitative estimate of drug-likeness (QED) is 0.326. The fourth-order valence-corrected chi connectivity index (χ4v) is 4.98. The average molecular weight is 589 g/mol. The Balaban J connectivity index is 1.44. The zero-order valence-electron chi connectivity index (χ0n) is 24.2. The Kier molecular flexibility index (Phi) is 10.7. The van der Waals surface area contributed by atoms with Crippen LogP contribution in [-0.4, -0.2) is 96.2 Å². The van der Waals surface area contributed by atoms with Gasteiger partial charge in [-0.2, -0.15) is 0 Å². The summed E-state index contributed by atoms with van der Waals surface area (Å²) in [5, 5.41) is 11.6. The molecule has 2 aromatic carbocycles. The van der Waals surface area contributed by atoms with Crippen LogP contribution in [-0.2, 0) is 29.0 Å². The molecule has 0 saturated carbocycles. The number of benzene rings is 2. The zero-order chi connectivity index (χ0) is 30.1. The van der Waals surface area contributed by atoms with Gasteiger partial charge in [0.2, 0.25) is 5.91 Å². The van der Waals surface area contributed by atoms with E-state index in [9.17, 15) is 18.7 Å². The molecule has 42 heavy (non-hydrogen) atoms. The van der Waals surface area contributed by atoms with Gasteiger partial charge in [-0.1, -0.05) is 13.0 Å². The third-order valence-electron chi connectivity index (χ3n) is 7.05. The van der Waals surface area contributed by atoms with E-state index in [-0.39, 0.29) is 38.0 Å². The van der Waals surface area contributed by atoms with Crippen molar-refractivity contribution in [2.24, 2.45) is 0 Å². The number of aliphatic hydroxyl groups is 1. The number of amides is 1. The molecule has 0 bridgehead atoms. The van der Waals surface area contributed by atoms with Crippen molar-refractivity contribution in [2.45, 2.75) is 32.0 Å². The second-order valence-corrected chi connectivity index (χ2v) is 10.3. The summed E-state index contributed by atoms with van der Waals surface area (Å²) in [6.07, 6.45) is 4.54. The number of carbonyl (C=O) groups is 1. The maximum absolute atomic E-state index is 13.7. The van der Waals surface area contributed by atoms with Gasteiger partial charge in [-0.05, 0) is 29.8 Å². The summed E-state index contributed by atoms with van der Waals surface area (Å²) in [6.45, 7) is 4.24. The van der Waals surface area contributed by atoms with Gasteiger partial charge in [0, 0.05) is 58.2 Å². The van der Waals surface area contributed by atoms with Crippen LogP contribution in [0.15, 0.2) is 48.8 Å². The Morgan fingerprint density at radius 3 is 2.62 bits per heavy atom. The van der Waals surface area contributed by atoms with E-state index in [0.29, 0.717) is 44.3 Å². The molecule has 1 atom stereocenters. The molecule has 3 aromatic rings. The van der Waals surface area contributed by atoms with Crippen molar-refractivity contribution in [1.82, 2.24) is 19.4 Å². The van der Waals surface area contributed by atoms with Gasteiger partial charge in [-0.25, -0.2) is 13.8 Å². The fraction of sp³-hybridized carbons (Fsp3) is 0.467. The number of methoxy groups -OCH3 is 2. The molecule has 2 heterocycles. The summed E-state index contributed by atoms with van der Waals surface area (Å²) in [4.78, 5) is 20.5. The van der Waals surface area contributed by atoms with Crippen LogP contribution in [0.5, 0.6) is 17.2 Å². The lowest BCUT2D eigenvalue weighted by Crippen LogP contribution is -2.52. The first-order valence-corrected chi connectivity index (χ1v) is 13.8. The summed E-state index contributed by atoms with van der Waals surface area (Å²) in [5.74, 6) is -0.0410. The van der Waals surface area contributed by atoms with Crippen LogP contribution >= 0.6 is 0 Å². The monoisotopic (exact) mass is 588 g/mol. The Morgan fingerprint density at radius 2 is 1.88 bits per heavy atom.